The van der Waals surface area contributed by atoms with Crippen LogP contribution in [-0.2, 0) is 6.54 Å². The van der Waals surface area contributed by atoms with Crippen LogP contribution in [0.2, 0.25) is 0 Å². The van der Waals surface area contributed by atoms with Crippen molar-refractivity contribution >= 4 is 0 Å². The molecular weight excluding hydrogens is 200 g/mol. The van der Waals surface area contributed by atoms with Crippen LogP contribution in [0, 0.1) is 13.8 Å². The first kappa shape index (κ1) is 10.8. The van der Waals surface area contributed by atoms with Crippen molar-refractivity contribution in [2.45, 2.75) is 20.4 Å². The van der Waals surface area contributed by atoms with Crippen LogP contribution < -0.4 is 5.73 Å². The third kappa shape index (κ3) is 1.97. The van der Waals surface area contributed by atoms with E-state index in [-0.39, 0.29) is 0 Å². The van der Waals surface area contributed by atoms with Crippen molar-refractivity contribution < 1.29 is 0 Å². The number of benzene rings is 1. The summed E-state index contributed by atoms with van der Waals surface area (Å²) in [5.74, 6) is 0. The summed E-state index contributed by atoms with van der Waals surface area (Å²) in [6.45, 7) is 5.49. The summed E-state index contributed by atoms with van der Waals surface area (Å²) in [5.41, 5.74) is 10.0. The molecule has 2 rings (SSSR count). The maximum atomic E-state index is 5.47. The van der Waals surface area contributed by atoms with Crippen LogP contribution in [0.3, 0.4) is 0 Å². The van der Waals surface area contributed by atoms with Gasteiger partial charge < -0.3 is 5.73 Å². The first-order chi connectivity index (χ1) is 7.72. The first-order valence-electron chi connectivity index (χ1n) is 5.39. The summed E-state index contributed by atoms with van der Waals surface area (Å²) in [5, 5.41) is 8.20. The Morgan fingerprint density at radius 1 is 1.31 bits per heavy atom. The number of nitrogens with two attached hydrogens (primary N) is 1. The number of hydrogen-bond donors (Lipinski definition) is 1. The highest BCUT2D eigenvalue weighted by Gasteiger charge is 2.07. The van der Waals surface area contributed by atoms with Gasteiger partial charge in [-0.3, -0.25) is 4.68 Å². The zero-order chi connectivity index (χ0) is 11.5. The van der Waals surface area contributed by atoms with Crippen LogP contribution in [0.5, 0.6) is 0 Å². The van der Waals surface area contributed by atoms with Gasteiger partial charge in [0.1, 0.15) is 5.69 Å². The van der Waals surface area contributed by atoms with Crippen LogP contribution in [0.15, 0.2) is 24.4 Å². The molecule has 0 aliphatic heterocycles. The molecule has 0 aliphatic carbocycles. The Kier molecular flexibility index (Phi) is 3.01. The SMILES string of the molecule is Cc1cccc(-c2cn(CCN)nn2)c1C. The summed E-state index contributed by atoms with van der Waals surface area (Å²) in [4.78, 5) is 0. The predicted molar refractivity (Wildman–Crippen MR) is 64.0 cm³/mol. The maximum absolute atomic E-state index is 5.47. The third-order valence-corrected chi connectivity index (χ3v) is 2.78. The molecule has 0 spiro atoms. The van der Waals surface area contributed by atoms with Crippen LogP contribution >= 0.6 is 0 Å². The summed E-state index contributed by atoms with van der Waals surface area (Å²) in [7, 11) is 0. The minimum atomic E-state index is 0.579. The molecule has 16 heavy (non-hydrogen) atoms. The van der Waals surface area contributed by atoms with Gasteiger partial charge in [0.25, 0.3) is 0 Å². The zero-order valence-corrected chi connectivity index (χ0v) is 9.64. The minimum Gasteiger partial charge on any atom is -0.329 e. The molecule has 0 bridgehead atoms. The van der Waals surface area contributed by atoms with E-state index in [1.165, 1.54) is 11.1 Å². The minimum absolute atomic E-state index is 0.579. The average molecular weight is 216 g/mol. The third-order valence-electron chi connectivity index (χ3n) is 2.78. The van der Waals surface area contributed by atoms with Crippen LogP contribution in [0.1, 0.15) is 11.1 Å². The van der Waals surface area contributed by atoms with Crippen LogP contribution in [0.4, 0.5) is 0 Å². The monoisotopic (exact) mass is 216 g/mol. The van der Waals surface area contributed by atoms with Crippen molar-refractivity contribution in [3.8, 4) is 11.3 Å². The van der Waals surface area contributed by atoms with Gasteiger partial charge in [0.15, 0.2) is 0 Å². The van der Waals surface area contributed by atoms with Gasteiger partial charge in [-0.25, -0.2) is 0 Å². The van der Waals surface area contributed by atoms with E-state index >= 15 is 0 Å². The molecule has 1 aromatic heterocycles. The van der Waals surface area contributed by atoms with E-state index in [1.807, 2.05) is 12.3 Å². The van der Waals surface area contributed by atoms with E-state index < -0.39 is 0 Å². The van der Waals surface area contributed by atoms with E-state index in [0.717, 1.165) is 11.3 Å². The van der Waals surface area contributed by atoms with Crippen molar-refractivity contribution in [3.63, 3.8) is 0 Å². The lowest BCUT2D eigenvalue weighted by Crippen LogP contribution is -2.10. The fourth-order valence-electron chi connectivity index (χ4n) is 1.69. The lowest BCUT2D eigenvalue weighted by molar-refractivity contribution is 0.598. The van der Waals surface area contributed by atoms with Crippen LogP contribution in [-0.4, -0.2) is 21.5 Å². The Bertz CT molecular complexity index is 488. The molecule has 0 atom stereocenters. The molecule has 2 N–H and O–H groups in total. The quantitative estimate of drug-likeness (QED) is 0.846. The molecule has 0 saturated heterocycles. The van der Waals surface area contributed by atoms with Gasteiger partial charge in [0.2, 0.25) is 0 Å². The fraction of sp³-hybridized carbons (Fsp3) is 0.333. The lowest BCUT2D eigenvalue weighted by atomic mass is 10.0. The molecule has 2 aromatic rings. The van der Waals surface area contributed by atoms with Gasteiger partial charge in [-0.15, -0.1) is 5.10 Å². The molecule has 0 fully saturated rings. The molecule has 0 radical (unpaired) electrons. The second-order valence-electron chi connectivity index (χ2n) is 3.90. The smallest absolute Gasteiger partial charge is 0.113 e. The number of aromatic nitrogens is 3. The molecule has 0 unspecified atom stereocenters. The van der Waals surface area contributed by atoms with Crippen molar-refractivity contribution in [2.24, 2.45) is 5.73 Å². The van der Waals surface area contributed by atoms with E-state index in [4.69, 9.17) is 5.73 Å². The second kappa shape index (κ2) is 4.45. The highest BCUT2D eigenvalue weighted by Crippen LogP contribution is 2.22. The Labute approximate surface area is 95.1 Å². The zero-order valence-electron chi connectivity index (χ0n) is 9.64. The van der Waals surface area contributed by atoms with E-state index in [2.05, 4.69) is 36.3 Å². The largest absolute Gasteiger partial charge is 0.329 e. The number of rotatable bonds is 3. The number of nitrogens with zero attached hydrogens (tertiary/aromatic N) is 3. The molecule has 4 heteroatoms. The maximum Gasteiger partial charge on any atom is 0.113 e. The highest BCUT2D eigenvalue weighted by atomic mass is 15.4. The molecule has 0 amide bonds. The fourth-order valence-corrected chi connectivity index (χ4v) is 1.69. The number of aryl methyl sites for hydroxylation is 1. The van der Waals surface area contributed by atoms with Gasteiger partial charge >= 0.3 is 0 Å². The van der Waals surface area contributed by atoms with Gasteiger partial charge in [0, 0.05) is 12.1 Å². The second-order valence-corrected chi connectivity index (χ2v) is 3.90. The summed E-state index contributed by atoms with van der Waals surface area (Å²) < 4.78 is 1.77. The molecular formula is C12H16N4. The van der Waals surface area contributed by atoms with Crippen molar-refractivity contribution in [1.82, 2.24) is 15.0 Å². The normalized spacial score (nSPS) is 10.7. The Morgan fingerprint density at radius 2 is 2.12 bits per heavy atom. The highest BCUT2D eigenvalue weighted by molar-refractivity contribution is 5.63. The van der Waals surface area contributed by atoms with Gasteiger partial charge in [-0.05, 0) is 25.0 Å². The Hall–Kier alpha value is -1.68. The Morgan fingerprint density at radius 3 is 2.88 bits per heavy atom. The first-order valence-corrected chi connectivity index (χ1v) is 5.39. The predicted octanol–water partition coefficient (Wildman–Crippen LogP) is 1.52. The molecule has 1 heterocycles. The average Bonchev–Trinajstić information content (AvgIpc) is 2.71. The molecule has 0 saturated carbocycles. The van der Waals surface area contributed by atoms with Gasteiger partial charge in [-0.1, -0.05) is 23.4 Å². The van der Waals surface area contributed by atoms with Gasteiger partial charge in [0.05, 0.1) is 12.7 Å². The summed E-state index contributed by atoms with van der Waals surface area (Å²) >= 11 is 0. The summed E-state index contributed by atoms with van der Waals surface area (Å²) in [6.07, 6.45) is 1.94. The van der Waals surface area contributed by atoms with E-state index in [1.54, 1.807) is 4.68 Å². The standard InChI is InChI=1S/C12H16N4/c1-9-4-3-5-11(10(9)2)12-8-16(7-6-13)15-14-12/h3-5,8H,6-7,13H2,1-2H3. The molecule has 1 aromatic carbocycles. The molecule has 4 nitrogen and oxygen atoms in total. The van der Waals surface area contributed by atoms with E-state index in [0.29, 0.717) is 13.1 Å². The molecule has 0 aliphatic rings. The summed E-state index contributed by atoms with van der Waals surface area (Å²) in [6, 6.07) is 6.21. The molecule has 84 valence electrons. The Balaban J connectivity index is 2.39. The van der Waals surface area contributed by atoms with Crippen LogP contribution in [0.25, 0.3) is 11.3 Å². The lowest BCUT2D eigenvalue weighted by Gasteiger charge is -2.04. The topological polar surface area (TPSA) is 56.7 Å². The van der Waals surface area contributed by atoms with E-state index in [9.17, 15) is 0 Å². The van der Waals surface area contributed by atoms with Crippen molar-refractivity contribution in [3.05, 3.63) is 35.5 Å². The van der Waals surface area contributed by atoms with Gasteiger partial charge in [-0.2, -0.15) is 0 Å². The van der Waals surface area contributed by atoms with Crippen molar-refractivity contribution in [1.29, 1.82) is 0 Å². The van der Waals surface area contributed by atoms with Crippen molar-refractivity contribution in [2.75, 3.05) is 6.54 Å². The number of hydrogen-bond acceptors (Lipinski definition) is 3.